The Morgan fingerprint density at radius 3 is 2.08 bits per heavy atom. The summed E-state index contributed by atoms with van der Waals surface area (Å²) in [5.41, 5.74) is -0.863. The second kappa shape index (κ2) is 11.0. The maximum atomic E-state index is 12.7. The van der Waals surface area contributed by atoms with Crippen LogP contribution in [0.3, 0.4) is 0 Å². The van der Waals surface area contributed by atoms with E-state index in [2.05, 4.69) is 10.6 Å². The molecule has 1 heterocycles. The van der Waals surface area contributed by atoms with E-state index in [1.165, 1.54) is 19.3 Å². The van der Waals surface area contributed by atoms with Crippen LogP contribution >= 0.6 is 0 Å². The number of hydrogen-bond acceptors (Lipinski definition) is 6. The van der Waals surface area contributed by atoms with Gasteiger partial charge in [-0.2, -0.15) is 0 Å². The second-order valence-corrected chi connectivity index (χ2v) is 12.5. The van der Waals surface area contributed by atoms with Crippen molar-refractivity contribution < 1.29 is 28.7 Å². The molecule has 4 aliphatic carbocycles. The molecular weight excluding hydrogens is 462 g/mol. The predicted molar refractivity (Wildman–Crippen MR) is 133 cm³/mol. The van der Waals surface area contributed by atoms with Crippen molar-refractivity contribution in [3.05, 3.63) is 0 Å². The molecule has 0 radical (unpaired) electrons. The van der Waals surface area contributed by atoms with E-state index in [1.54, 1.807) is 25.7 Å². The van der Waals surface area contributed by atoms with E-state index >= 15 is 0 Å². The van der Waals surface area contributed by atoms with E-state index < -0.39 is 11.7 Å². The van der Waals surface area contributed by atoms with E-state index in [4.69, 9.17) is 9.47 Å². The largest absolute Gasteiger partial charge is 0.459 e. The monoisotopic (exact) mass is 505 g/mol. The number of carbonyl (C=O) groups is 4. The van der Waals surface area contributed by atoms with Crippen LogP contribution in [0.4, 0.5) is 4.79 Å². The fourth-order valence-electron chi connectivity index (χ4n) is 7.00. The minimum Gasteiger partial charge on any atom is -0.459 e. The first kappa shape index (κ1) is 26.7. The lowest BCUT2D eigenvalue weighted by Crippen LogP contribution is -2.53. The summed E-state index contributed by atoms with van der Waals surface area (Å²) < 4.78 is 11.2. The smallest absolute Gasteiger partial charge is 0.407 e. The standard InChI is InChI=1S/C27H43N3O6/c1-26(2,3)36-25(34)28-8-4-5-22(31)29-21-6-9-30(10-7-21)23(32)14-24(33)35-27-15-18-11-19(16-27)13-20(12-18)17-27/h18-21H,4-17H2,1-3H3,(H,28,34)(H,29,31). The van der Waals surface area contributed by atoms with Crippen molar-refractivity contribution in [2.24, 2.45) is 17.8 Å². The number of rotatable bonds is 8. The van der Waals surface area contributed by atoms with Crippen molar-refractivity contribution in [2.45, 2.75) is 109 Å². The quantitative estimate of drug-likeness (QED) is 0.297. The molecule has 9 heteroatoms. The van der Waals surface area contributed by atoms with Crippen molar-refractivity contribution >= 4 is 23.9 Å². The van der Waals surface area contributed by atoms with Crippen LogP contribution in [0.1, 0.15) is 91.4 Å². The summed E-state index contributed by atoms with van der Waals surface area (Å²) in [5.74, 6) is 1.45. The second-order valence-electron chi connectivity index (χ2n) is 12.5. The van der Waals surface area contributed by atoms with Gasteiger partial charge < -0.3 is 25.0 Å². The van der Waals surface area contributed by atoms with Gasteiger partial charge in [0.05, 0.1) is 0 Å². The number of likely N-dealkylation sites (tertiary alicyclic amines) is 1. The van der Waals surface area contributed by atoms with Gasteiger partial charge in [0.25, 0.3) is 0 Å². The van der Waals surface area contributed by atoms with E-state index in [9.17, 15) is 19.2 Å². The Morgan fingerprint density at radius 1 is 0.944 bits per heavy atom. The zero-order chi connectivity index (χ0) is 25.9. The zero-order valence-corrected chi connectivity index (χ0v) is 22.1. The third-order valence-corrected chi connectivity index (χ3v) is 8.07. The lowest BCUT2D eigenvalue weighted by atomic mass is 9.54. The van der Waals surface area contributed by atoms with Crippen molar-refractivity contribution in [3.8, 4) is 0 Å². The van der Waals surface area contributed by atoms with Gasteiger partial charge in [-0.25, -0.2) is 4.79 Å². The Balaban J connectivity index is 1.10. The SMILES string of the molecule is CC(C)(C)OC(=O)NCCCC(=O)NC1CCN(C(=O)CC(=O)OC23CC4CC(CC(C4)C2)C3)CC1. The topological polar surface area (TPSA) is 114 Å². The van der Waals surface area contributed by atoms with E-state index in [1.807, 2.05) is 0 Å². The van der Waals surface area contributed by atoms with Gasteiger partial charge in [0.2, 0.25) is 11.8 Å². The number of hydrogen-bond donors (Lipinski definition) is 2. The lowest BCUT2D eigenvalue weighted by molar-refractivity contribution is -0.187. The van der Waals surface area contributed by atoms with Crippen LogP contribution in [0.2, 0.25) is 0 Å². The number of ether oxygens (including phenoxy) is 2. The Morgan fingerprint density at radius 2 is 1.53 bits per heavy atom. The summed E-state index contributed by atoms with van der Waals surface area (Å²) in [4.78, 5) is 51.0. The molecule has 5 rings (SSSR count). The Hall–Kier alpha value is -2.32. The van der Waals surface area contributed by atoms with Gasteiger partial charge in [0, 0.05) is 32.1 Å². The van der Waals surface area contributed by atoms with Crippen molar-refractivity contribution in [1.29, 1.82) is 0 Å². The molecule has 3 amide bonds. The van der Waals surface area contributed by atoms with Gasteiger partial charge in [-0.15, -0.1) is 0 Å². The number of amides is 3. The number of esters is 1. The summed E-state index contributed by atoms with van der Waals surface area (Å²) in [7, 11) is 0. The summed E-state index contributed by atoms with van der Waals surface area (Å²) in [6.07, 6.45) is 8.25. The third kappa shape index (κ3) is 7.35. The van der Waals surface area contributed by atoms with Gasteiger partial charge >= 0.3 is 12.1 Å². The molecule has 5 aliphatic rings. The molecule has 1 saturated heterocycles. The average molecular weight is 506 g/mol. The Bertz CT molecular complexity index is 808. The van der Waals surface area contributed by atoms with Gasteiger partial charge in [-0.1, -0.05) is 0 Å². The van der Waals surface area contributed by atoms with Crippen LogP contribution in [-0.4, -0.2) is 65.7 Å². The molecule has 2 N–H and O–H groups in total. The first-order valence-corrected chi connectivity index (χ1v) is 13.7. The summed E-state index contributed by atoms with van der Waals surface area (Å²) >= 11 is 0. The molecule has 4 saturated carbocycles. The number of carbonyl (C=O) groups excluding carboxylic acids is 4. The molecule has 0 spiro atoms. The third-order valence-electron chi connectivity index (χ3n) is 8.07. The van der Waals surface area contributed by atoms with Crippen LogP contribution in [-0.2, 0) is 23.9 Å². The van der Waals surface area contributed by atoms with Crippen LogP contribution in [0, 0.1) is 17.8 Å². The minimum absolute atomic E-state index is 0.0133. The molecule has 5 fully saturated rings. The van der Waals surface area contributed by atoms with Crippen LogP contribution in [0.25, 0.3) is 0 Å². The minimum atomic E-state index is -0.549. The molecule has 36 heavy (non-hydrogen) atoms. The number of piperidine rings is 1. The van der Waals surface area contributed by atoms with Crippen molar-refractivity contribution in [3.63, 3.8) is 0 Å². The van der Waals surface area contributed by atoms with Gasteiger partial charge in [0.1, 0.15) is 17.6 Å². The van der Waals surface area contributed by atoms with E-state index in [0.717, 1.165) is 19.3 Å². The molecule has 0 aromatic heterocycles. The first-order chi connectivity index (χ1) is 17.0. The predicted octanol–water partition coefficient (Wildman–Crippen LogP) is 3.30. The van der Waals surface area contributed by atoms with Gasteiger partial charge in [-0.3, -0.25) is 14.4 Å². The highest BCUT2D eigenvalue weighted by atomic mass is 16.6. The first-order valence-electron chi connectivity index (χ1n) is 13.7. The molecule has 0 unspecified atom stereocenters. The van der Waals surface area contributed by atoms with Crippen molar-refractivity contribution in [1.82, 2.24) is 15.5 Å². The highest BCUT2D eigenvalue weighted by Gasteiger charge is 2.53. The molecule has 4 bridgehead atoms. The molecule has 0 aromatic carbocycles. The molecule has 0 aromatic rings. The van der Waals surface area contributed by atoms with Gasteiger partial charge in [-0.05, 0) is 96.3 Å². The highest BCUT2D eigenvalue weighted by molar-refractivity contribution is 5.94. The van der Waals surface area contributed by atoms with Crippen LogP contribution < -0.4 is 10.6 Å². The Kier molecular flexibility index (Phi) is 8.15. The number of alkyl carbamates (subject to hydrolysis) is 1. The summed E-state index contributed by atoms with van der Waals surface area (Å²) in [6, 6.07) is 0.0133. The average Bonchev–Trinajstić information content (AvgIpc) is 2.74. The molecule has 9 nitrogen and oxygen atoms in total. The van der Waals surface area contributed by atoms with Crippen LogP contribution in [0.15, 0.2) is 0 Å². The maximum Gasteiger partial charge on any atom is 0.407 e. The summed E-state index contributed by atoms with van der Waals surface area (Å²) in [6.45, 7) is 6.81. The van der Waals surface area contributed by atoms with Crippen molar-refractivity contribution in [2.75, 3.05) is 19.6 Å². The Labute approximate surface area is 214 Å². The maximum absolute atomic E-state index is 12.7. The molecule has 0 atom stereocenters. The zero-order valence-electron chi connectivity index (χ0n) is 22.1. The molecular formula is C27H43N3O6. The van der Waals surface area contributed by atoms with E-state index in [0.29, 0.717) is 63.1 Å². The number of nitrogens with zero attached hydrogens (tertiary/aromatic N) is 1. The lowest BCUT2D eigenvalue weighted by Gasteiger charge is -2.55. The highest BCUT2D eigenvalue weighted by Crippen LogP contribution is 2.57. The normalized spacial score (nSPS) is 29.5. The fourth-order valence-corrected chi connectivity index (χ4v) is 7.00. The number of nitrogens with one attached hydrogen (secondary N) is 2. The van der Waals surface area contributed by atoms with Gasteiger partial charge in [0.15, 0.2) is 0 Å². The molecule has 202 valence electrons. The molecule has 1 aliphatic heterocycles. The van der Waals surface area contributed by atoms with E-state index in [-0.39, 0.29) is 35.8 Å². The fraction of sp³-hybridized carbons (Fsp3) is 0.852. The van der Waals surface area contributed by atoms with Crippen LogP contribution in [0.5, 0.6) is 0 Å². The summed E-state index contributed by atoms with van der Waals surface area (Å²) in [5, 5.41) is 5.67.